The molecule has 0 bridgehead atoms. The largest absolute Gasteiger partial charge is 0.493 e. The number of rotatable bonds is 5. The quantitative estimate of drug-likeness (QED) is 0.729. The Morgan fingerprint density at radius 1 is 1.50 bits per heavy atom. The number of aryl methyl sites for hydroxylation is 1. The van der Waals surface area contributed by atoms with Gasteiger partial charge in [0.05, 0.1) is 19.0 Å². The first-order chi connectivity index (χ1) is 7.63. The number of amides is 1. The van der Waals surface area contributed by atoms with E-state index in [1.165, 1.54) is 6.92 Å². The second-order valence-electron chi connectivity index (χ2n) is 3.44. The maximum absolute atomic E-state index is 10.7. The minimum atomic E-state index is -0.0281. The second kappa shape index (κ2) is 5.95. The first-order valence-corrected chi connectivity index (χ1v) is 5.12. The van der Waals surface area contributed by atoms with Crippen LogP contribution >= 0.6 is 0 Å². The molecule has 0 unspecified atom stereocenters. The molecule has 1 heterocycles. The van der Waals surface area contributed by atoms with Gasteiger partial charge in [0, 0.05) is 25.7 Å². The van der Waals surface area contributed by atoms with Crippen molar-refractivity contribution in [3.05, 3.63) is 18.0 Å². The zero-order chi connectivity index (χ0) is 12.0. The van der Waals surface area contributed by atoms with Crippen LogP contribution in [0.3, 0.4) is 0 Å². The van der Waals surface area contributed by atoms with Crippen LogP contribution in [0, 0.1) is 6.92 Å². The number of anilines is 1. The molecule has 1 aromatic rings. The Kier molecular flexibility index (Phi) is 4.57. The molecule has 1 aromatic heterocycles. The van der Waals surface area contributed by atoms with E-state index in [9.17, 15) is 4.79 Å². The molecule has 1 amide bonds. The van der Waals surface area contributed by atoms with Gasteiger partial charge < -0.3 is 15.4 Å². The van der Waals surface area contributed by atoms with Crippen LogP contribution in [0.1, 0.15) is 12.6 Å². The summed E-state index contributed by atoms with van der Waals surface area (Å²) in [5.74, 6) is 0.674. The third kappa shape index (κ3) is 3.76. The molecular formula is C11H17N3O2. The Balaban J connectivity index is 2.51. The number of carbonyl (C=O) groups excluding carboxylic acids is 1. The SMILES string of the molecule is COc1cnc(C)cc1NCCNC(C)=O. The first kappa shape index (κ1) is 12.3. The molecule has 0 aliphatic carbocycles. The highest BCUT2D eigenvalue weighted by Gasteiger charge is 2.02. The molecule has 1 rings (SSSR count). The minimum Gasteiger partial charge on any atom is -0.493 e. The number of nitrogens with zero attached hydrogens (tertiary/aromatic N) is 1. The average molecular weight is 223 g/mol. The van der Waals surface area contributed by atoms with Crippen LogP contribution in [0.4, 0.5) is 5.69 Å². The fraction of sp³-hybridized carbons (Fsp3) is 0.455. The molecule has 88 valence electrons. The van der Waals surface area contributed by atoms with E-state index >= 15 is 0 Å². The van der Waals surface area contributed by atoms with Crippen LogP contribution in [-0.4, -0.2) is 31.1 Å². The summed E-state index contributed by atoms with van der Waals surface area (Å²) in [6.45, 7) is 4.65. The highest BCUT2D eigenvalue weighted by atomic mass is 16.5. The molecule has 0 aliphatic heterocycles. The Hall–Kier alpha value is -1.78. The average Bonchev–Trinajstić information content (AvgIpc) is 2.24. The van der Waals surface area contributed by atoms with Crippen LogP contribution in [0.15, 0.2) is 12.3 Å². The molecule has 5 heteroatoms. The molecule has 5 nitrogen and oxygen atoms in total. The van der Waals surface area contributed by atoms with Crippen LogP contribution < -0.4 is 15.4 Å². The van der Waals surface area contributed by atoms with Gasteiger partial charge in [0.15, 0.2) is 5.75 Å². The number of hydrogen-bond acceptors (Lipinski definition) is 4. The number of pyridine rings is 1. The fourth-order valence-corrected chi connectivity index (χ4v) is 1.28. The van der Waals surface area contributed by atoms with Gasteiger partial charge in [-0.2, -0.15) is 0 Å². The van der Waals surface area contributed by atoms with Crippen LogP contribution in [0.5, 0.6) is 5.75 Å². The lowest BCUT2D eigenvalue weighted by Crippen LogP contribution is -2.26. The van der Waals surface area contributed by atoms with Crippen molar-refractivity contribution < 1.29 is 9.53 Å². The van der Waals surface area contributed by atoms with E-state index in [0.717, 1.165) is 11.4 Å². The molecule has 0 atom stereocenters. The van der Waals surface area contributed by atoms with Crippen molar-refractivity contribution >= 4 is 11.6 Å². The van der Waals surface area contributed by atoms with Crippen molar-refractivity contribution in [2.75, 3.05) is 25.5 Å². The smallest absolute Gasteiger partial charge is 0.216 e. The van der Waals surface area contributed by atoms with Crippen molar-refractivity contribution in [2.45, 2.75) is 13.8 Å². The Labute approximate surface area is 95.2 Å². The standard InChI is InChI=1S/C11H17N3O2/c1-8-6-10(11(16-3)7-14-8)13-5-4-12-9(2)15/h6-7H,4-5H2,1-3H3,(H,12,15)(H,13,14). The van der Waals surface area contributed by atoms with Crippen LogP contribution in [-0.2, 0) is 4.79 Å². The molecule has 0 spiro atoms. The lowest BCUT2D eigenvalue weighted by atomic mass is 10.3. The molecule has 0 aromatic carbocycles. The second-order valence-corrected chi connectivity index (χ2v) is 3.44. The molecule has 0 saturated carbocycles. The van der Waals surface area contributed by atoms with E-state index < -0.39 is 0 Å². The summed E-state index contributed by atoms with van der Waals surface area (Å²) in [4.78, 5) is 14.8. The predicted molar refractivity (Wildman–Crippen MR) is 62.7 cm³/mol. The number of aromatic nitrogens is 1. The van der Waals surface area contributed by atoms with Gasteiger partial charge in [-0.15, -0.1) is 0 Å². The van der Waals surface area contributed by atoms with Gasteiger partial charge in [-0.1, -0.05) is 0 Å². The van der Waals surface area contributed by atoms with Crippen molar-refractivity contribution in [3.63, 3.8) is 0 Å². The van der Waals surface area contributed by atoms with Gasteiger partial charge in [0.2, 0.25) is 5.91 Å². The number of nitrogens with one attached hydrogen (secondary N) is 2. The zero-order valence-electron chi connectivity index (χ0n) is 9.83. The lowest BCUT2D eigenvalue weighted by Gasteiger charge is -2.11. The van der Waals surface area contributed by atoms with E-state index in [-0.39, 0.29) is 5.91 Å². The maximum atomic E-state index is 10.7. The maximum Gasteiger partial charge on any atom is 0.216 e. The summed E-state index contributed by atoms with van der Waals surface area (Å²) in [6.07, 6.45) is 1.68. The summed E-state index contributed by atoms with van der Waals surface area (Å²) in [5.41, 5.74) is 1.81. The normalized spacial score (nSPS) is 9.69. The predicted octanol–water partition coefficient (Wildman–Crippen LogP) is 0.947. The highest BCUT2D eigenvalue weighted by molar-refractivity contribution is 5.72. The van der Waals surface area contributed by atoms with Gasteiger partial charge in [-0.25, -0.2) is 0 Å². The van der Waals surface area contributed by atoms with Crippen molar-refractivity contribution in [2.24, 2.45) is 0 Å². The van der Waals surface area contributed by atoms with E-state index in [1.54, 1.807) is 13.3 Å². The number of methoxy groups -OCH3 is 1. The fourth-order valence-electron chi connectivity index (χ4n) is 1.28. The van der Waals surface area contributed by atoms with Crippen molar-refractivity contribution in [1.82, 2.24) is 10.3 Å². The Morgan fingerprint density at radius 3 is 2.88 bits per heavy atom. The molecule has 16 heavy (non-hydrogen) atoms. The molecule has 2 N–H and O–H groups in total. The van der Waals surface area contributed by atoms with Gasteiger partial charge in [0.25, 0.3) is 0 Å². The summed E-state index contributed by atoms with van der Waals surface area (Å²) in [5, 5.41) is 5.89. The van der Waals surface area contributed by atoms with Crippen molar-refractivity contribution in [1.29, 1.82) is 0 Å². The van der Waals surface area contributed by atoms with Crippen molar-refractivity contribution in [3.8, 4) is 5.75 Å². The summed E-state index contributed by atoms with van der Waals surface area (Å²) in [6, 6.07) is 1.91. The van der Waals surface area contributed by atoms with E-state index in [2.05, 4.69) is 15.6 Å². The lowest BCUT2D eigenvalue weighted by molar-refractivity contribution is -0.118. The Bertz CT molecular complexity index is 366. The third-order valence-electron chi connectivity index (χ3n) is 2.04. The van der Waals surface area contributed by atoms with Gasteiger partial charge in [0.1, 0.15) is 0 Å². The van der Waals surface area contributed by atoms with Crippen LogP contribution in [0.2, 0.25) is 0 Å². The molecule has 0 radical (unpaired) electrons. The van der Waals surface area contributed by atoms with Crippen LogP contribution in [0.25, 0.3) is 0 Å². The number of hydrogen-bond donors (Lipinski definition) is 2. The topological polar surface area (TPSA) is 63.2 Å². The highest BCUT2D eigenvalue weighted by Crippen LogP contribution is 2.22. The van der Waals surface area contributed by atoms with Gasteiger partial charge >= 0.3 is 0 Å². The summed E-state index contributed by atoms with van der Waals surface area (Å²) < 4.78 is 5.17. The van der Waals surface area contributed by atoms with Gasteiger partial charge in [-0.3, -0.25) is 9.78 Å². The Morgan fingerprint density at radius 2 is 2.25 bits per heavy atom. The molecule has 0 saturated heterocycles. The number of carbonyl (C=O) groups is 1. The molecular weight excluding hydrogens is 206 g/mol. The zero-order valence-corrected chi connectivity index (χ0v) is 9.83. The summed E-state index contributed by atoms with van der Waals surface area (Å²) in [7, 11) is 1.60. The summed E-state index contributed by atoms with van der Waals surface area (Å²) >= 11 is 0. The van der Waals surface area contributed by atoms with E-state index in [4.69, 9.17) is 4.74 Å². The number of ether oxygens (including phenoxy) is 1. The first-order valence-electron chi connectivity index (χ1n) is 5.12. The van der Waals surface area contributed by atoms with E-state index in [1.807, 2.05) is 13.0 Å². The van der Waals surface area contributed by atoms with Gasteiger partial charge in [-0.05, 0) is 13.0 Å². The minimum absolute atomic E-state index is 0.0281. The monoisotopic (exact) mass is 223 g/mol. The van der Waals surface area contributed by atoms with E-state index in [0.29, 0.717) is 18.8 Å². The third-order valence-corrected chi connectivity index (χ3v) is 2.04. The molecule has 0 fully saturated rings. The molecule has 0 aliphatic rings.